The van der Waals surface area contributed by atoms with Crippen LogP contribution < -0.4 is 5.32 Å². The van der Waals surface area contributed by atoms with E-state index in [1.807, 2.05) is 51.1 Å². The van der Waals surface area contributed by atoms with Gasteiger partial charge in [0.1, 0.15) is 16.3 Å². The third kappa shape index (κ3) is 7.83. The highest BCUT2D eigenvalue weighted by Crippen LogP contribution is 2.26. The van der Waals surface area contributed by atoms with Gasteiger partial charge in [-0.1, -0.05) is 37.3 Å². The number of carbonyl (C=O) groups excluding carboxylic acids is 1. The van der Waals surface area contributed by atoms with E-state index in [1.54, 1.807) is 21.0 Å². The number of hydrogen-bond acceptors (Lipinski definition) is 5. The number of thioether (sulfide) groups is 1. The first-order valence-corrected chi connectivity index (χ1v) is 13.2. The van der Waals surface area contributed by atoms with Crippen LogP contribution in [-0.4, -0.2) is 50.8 Å². The average Bonchev–Trinajstić information content (AvgIpc) is 3.14. The number of nitrogens with one attached hydrogen (secondary N) is 1. The lowest BCUT2D eigenvalue weighted by Gasteiger charge is -2.17. The summed E-state index contributed by atoms with van der Waals surface area (Å²) in [6.07, 6.45) is 7.57. The van der Waals surface area contributed by atoms with Crippen molar-refractivity contribution in [1.29, 1.82) is 0 Å². The summed E-state index contributed by atoms with van der Waals surface area (Å²) in [7, 11) is 1.67. The number of allylic oxidation sites excluding steroid dienone is 3. The predicted molar refractivity (Wildman–Crippen MR) is 149 cm³/mol. The molecule has 36 heavy (non-hydrogen) atoms. The van der Waals surface area contributed by atoms with Gasteiger partial charge in [-0.25, -0.2) is 4.98 Å². The third-order valence-corrected chi connectivity index (χ3v) is 7.10. The van der Waals surface area contributed by atoms with Gasteiger partial charge in [-0.15, -0.1) is 11.8 Å². The largest absolute Gasteiger partial charge is 0.480 e. The van der Waals surface area contributed by atoms with Crippen molar-refractivity contribution < 1.29 is 19.4 Å². The Bertz CT molecular complexity index is 1130. The number of imidazole rings is 1. The van der Waals surface area contributed by atoms with Crippen molar-refractivity contribution in [3.63, 3.8) is 0 Å². The normalized spacial score (nSPS) is 12.4. The topological polar surface area (TPSA) is 93.5 Å². The highest BCUT2D eigenvalue weighted by atomic mass is 32.2. The van der Waals surface area contributed by atoms with E-state index in [2.05, 4.69) is 22.9 Å². The fourth-order valence-electron chi connectivity index (χ4n) is 3.61. The Hall–Kier alpha value is -2.84. The minimum absolute atomic E-state index is 0.244. The monoisotopic (exact) mass is 513 g/mol. The molecule has 2 N–H and O–H groups in total. The van der Waals surface area contributed by atoms with Crippen LogP contribution in [0.25, 0.3) is 5.57 Å². The highest BCUT2D eigenvalue weighted by Gasteiger charge is 2.27. The molecule has 0 unspecified atom stereocenters. The number of nitrogens with zero attached hydrogens (tertiary/aromatic N) is 2. The second-order valence-electron chi connectivity index (χ2n) is 9.24. The first-order chi connectivity index (χ1) is 17.0. The molecular formula is C28H39N3O4S. The van der Waals surface area contributed by atoms with E-state index in [0.717, 1.165) is 46.7 Å². The maximum Gasteiger partial charge on any atom is 0.319 e. The Labute approximate surface area is 219 Å². The van der Waals surface area contributed by atoms with Crippen molar-refractivity contribution >= 4 is 34.9 Å². The molecule has 0 spiro atoms. The number of rotatable bonds is 13. The number of carboxylic acid groups (broad SMARTS) is 1. The van der Waals surface area contributed by atoms with Gasteiger partial charge in [-0.2, -0.15) is 0 Å². The fraction of sp³-hybridized carbons (Fsp3) is 0.464. The Balaban J connectivity index is 2.40. The van der Waals surface area contributed by atoms with Crippen molar-refractivity contribution in [2.75, 3.05) is 24.8 Å². The maximum absolute atomic E-state index is 13.3. The van der Waals surface area contributed by atoms with Gasteiger partial charge in [0.2, 0.25) is 0 Å². The number of carboxylic acids is 1. The van der Waals surface area contributed by atoms with Crippen molar-refractivity contribution in [2.24, 2.45) is 0 Å². The molecule has 1 heterocycles. The fourth-order valence-corrected chi connectivity index (χ4v) is 4.34. The van der Waals surface area contributed by atoms with E-state index in [4.69, 9.17) is 9.72 Å². The van der Waals surface area contributed by atoms with Crippen molar-refractivity contribution in [3.8, 4) is 0 Å². The van der Waals surface area contributed by atoms with Gasteiger partial charge in [0.05, 0.1) is 0 Å². The number of carbonyl (C=O) groups is 2. The van der Waals surface area contributed by atoms with Gasteiger partial charge in [0, 0.05) is 43.0 Å². The molecule has 0 radical (unpaired) electrons. The molecule has 0 aliphatic rings. The Kier molecular flexibility index (Phi) is 11.0. The molecule has 0 bridgehead atoms. The molecule has 196 valence electrons. The van der Waals surface area contributed by atoms with E-state index < -0.39 is 10.7 Å². The first kappa shape index (κ1) is 29.4. The van der Waals surface area contributed by atoms with Crippen LogP contribution in [0.2, 0.25) is 0 Å². The van der Waals surface area contributed by atoms with Crippen LogP contribution in [0.3, 0.4) is 0 Å². The summed E-state index contributed by atoms with van der Waals surface area (Å²) in [5.74, 6) is 0.180. The maximum atomic E-state index is 13.3. The van der Waals surface area contributed by atoms with Crippen LogP contribution in [0.1, 0.15) is 66.7 Å². The number of anilines is 1. The molecule has 7 nitrogen and oxygen atoms in total. The smallest absolute Gasteiger partial charge is 0.319 e. The summed E-state index contributed by atoms with van der Waals surface area (Å²) >= 11 is 1.36. The SMILES string of the molecule is CC/C=C(\C=C/CSC(C)(C)C(=O)O)c1nc(C(=O)Nc2cc(C)ccc2C)c(C)n1CCCOC. The quantitative estimate of drug-likeness (QED) is 0.250. The molecular weight excluding hydrogens is 474 g/mol. The summed E-state index contributed by atoms with van der Waals surface area (Å²) in [4.78, 5) is 29.5. The van der Waals surface area contributed by atoms with E-state index in [-0.39, 0.29) is 5.91 Å². The predicted octanol–water partition coefficient (Wildman–Crippen LogP) is 6.04. The zero-order valence-corrected chi connectivity index (χ0v) is 23.3. The van der Waals surface area contributed by atoms with Gasteiger partial charge in [0.25, 0.3) is 5.91 Å². The van der Waals surface area contributed by atoms with Crippen LogP contribution in [-0.2, 0) is 16.1 Å². The van der Waals surface area contributed by atoms with E-state index >= 15 is 0 Å². The second kappa shape index (κ2) is 13.5. The van der Waals surface area contributed by atoms with Crippen LogP contribution in [0, 0.1) is 20.8 Å². The third-order valence-electron chi connectivity index (χ3n) is 5.84. The minimum Gasteiger partial charge on any atom is -0.480 e. The summed E-state index contributed by atoms with van der Waals surface area (Å²) in [5.41, 5.74) is 4.92. The zero-order chi connectivity index (χ0) is 26.9. The van der Waals surface area contributed by atoms with Gasteiger partial charge < -0.3 is 19.7 Å². The minimum atomic E-state index is -0.868. The first-order valence-electron chi connectivity index (χ1n) is 12.2. The van der Waals surface area contributed by atoms with Crippen molar-refractivity contribution in [1.82, 2.24) is 9.55 Å². The zero-order valence-electron chi connectivity index (χ0n) is 22.5. The number of ether oxygens (including phenoxy) is 1. The van der Waals surface area contributed by atoms with Crippen LogP contribution in [0.4, 0.5) is 5.69 Å². The number of hydrogen-bond donors (Lipinski definition) is 2. The van der Waals surface area contributed by atoms with E-state index in [9.17, 15) is 14.7 Å². The van der Waals surface area contributed by atoms with Crippen LogP contribution >= 0.6 is 11.8 Å². The van der Waals surface area contributed by atoms with Gasteiger partial charge in [0.15, 0.2) is 0 Å². The van der Waals surface area contributed by atoms with Gasteiger partial charge in [-0.3, -0.25) is 9.59 Å². The van der Waals surface area contributed by atoms with Crippen molar-refractivity contribution in [3.05, 3.63) is 64.8 Å². The number of aliphatic carboxylic acids is 1. The lowest BCUT2D eigenvalue weighted by atomic mass is 10.1. The molecule has 0 fully saturated rings. The number of aryl methyl sites for hydroxylation is 2. The molecule has 1 amide bonds. The number of aromatic nitrogens is 2. The second-order valence-corrected chi connectivity index (χ2v) is 10.9. The van der Waals surface area contributed by atoms with Crippen molar-refractivity contribution in [2.45, 2.75) is 65.7 Å². The Morgan fingerprint density at radius 1 is 1.25 bits per heavy atom. The summed E-state index contributed by atoms with van der Waals surface area (Å²) in [6.45, 7) is 12.6. The highest BCUT2D eigenvalue weighted by molar-refractivity contribution is 8.01. The molecule has 0 saturated heterocycles. The Morgan fingerprint density at radius 2 is 1.97 bits per heavy atom. The lowest BCUT2D eigenvalue weighted by molar-refractivity contribution is -0.138. The van der Waals surface area contributed by atoms with Gasteiger partial charge in [-0.05, 0) is 64.7 Å². The summed E-state index contributed by atoms with van der Waals surface area (Å²) in [5, 5.41) is 12.4. The summed E-state index contributed by atoms with van der Waals surface area (Å²) in [6, 6.07) is 5.96. The standard InChI is InChI=1S/C28H39N3O4S/c1-8-11-22(12-9-17-36-28(5,6)27(33)34)25-30-24(21(4)31(25)15-10-16-35-7)26(32)29-23-18-19(2)13-14-20(23)3/h9,11-14,18H,8,10,15-17H2,1-7H3,(H,29,32)(H,33,34)/b12-9-,22-11+. The van der Waals surface area contributed by atoms with Crippen LogP contribution in [0.5, 0.6) is 0 Å². The molecule has 1 aromatic heterocycles. The van der Waals surface area contributed by atoms with Crippen LogP contribution in [0.15, 0.2) is 36.4 Å². The number of benzene rings is 1. The molecule has 2 rings (SSSR count). The number of methoxy groups -OCH3 is 1. The van der Waals surface area contributed by atoms with E-state index in [0.29, 0.717) is 24.6 Å². The van der Waals surface area contributed by atoms with E-state index in [1.165, 1.54) is 11.8 Å². The summed E-state index contributed by atoms with van der Waals surface area (Å²) < 4.78 is 6.45. The number of amides is 1. The lowest BCUT2D eigenvalue weighted by Crippen LogP contribution is -2.27. The van der Waals surface area contributed by atoms with Gasteiger partial charge >= 0.3 is 5.97 Å². The molecule has 0 aliphatic carbocycles. The molecule has 0 atom stereocenters. The molecule has 8 heteroatoms. The molecule has 2 aromatic rings. The Morgan fingerprint density at radius 3 is 2.61 bits per heavy atom. The molecule has 1 aromatic carbocycles. The molecule has 0 aliphatic heterocycles. The average molecular weight is 514 g/mol. The molecule has 0 saturated carbocycles.